The summed E-state index contributed by atoms with van der Waals surface area (Å²) in [7, 11) is 0. The van der Waals surface area contributed by atoms with Gasteiger partial charge in [-0.1, -0.05) is 6.08 Å². The molecule has 106 valence electrons. The number of carbonyl (C=O) groups excluding carboxylic acids is 1. The number of halogens is 1. The van der Waals surface area contributed by atoms with E-state index in [0.717, 1.165) is 5.69 Å². The first-order valence-electron chi connectivity index (χ1n) is 6.05. The first-order valence-corrected chi connectivity index (χ1v) is 7.72. The van der Waals surface area contributed by atoms with Gasteiger partial charge in [0.2, 0.25) is 0 Å². The maximum absolute atomic E-state index is 12.1. The number of nitrogens with zero attached hydrogens (tertiary/aromatic N) is 2. The van der Waals surface area contributed by atoms with Crippen LogP contribution in [0.25, 0.3) is 11.0 Å². The lowest BCUT2D eigenvalue weighted by atomic mass is 10.1. The van der Waals surface area contributed by atoms with Crippen LogP contribution in [0.15, 0.2) is 38.5 Å². The number of anilines is 1. The van der Waals surface area contributed by atoms with Crippen LogP contribution in [-0.4, -0.2) is 15.2 Å². The predicted molar refractivity (Wildman–Crippen MR) is 87.6 cm³/mol. The Hall–Kier alpha value is -1.99. The molecule has 1 aliphatic rings. The molecule has 0 radical (unpaired) electrons. The molecule has 5 nitrogen and oxygen atoms in total. The smallest absolute Gasteiger partial charge is 0.283 e. The SMILES string of the molecule is Cc1csc2nc(=O)c(/C=C3/C=CC(=O)C(Br)=C3)c(N)n12. The number of allylic oxidation sites excluding steroid dienone is 5. The van der Waals surface area contributed by atoms with Gasteiger partial charge in [-0.25, -0.2) is 0 Å². The Morgan fingerprint density at radius 1 is 1.38 bits per heavy atom. The third-order valence-corrected chi connectivity index (χ3v) is 4.65. The van der Waals surface area contributed by atoms with Gasteiger partial charge in [0.25, 0.3) is 5.56 Å². The molecule has 21 heavy (non-hydrogen) atoms. The number of hydrogen-bond acceptors (Lipinski definition) is 5. The van der Waals surface area contributed by atoms with Gasteiger partial charge < -0.3 is 5.73 Å². The van der Waals surface area contributed by atoms with E-state index >= 15 is 0 Å². The van der Waals surface area contributed by atoms with Crippen molar-refractivity contribution < 1.29 is 4.79 Å². The highest BCUT2D eigenvalue weighted by atomic mass is 79.9. The molecular weight excluding hydrogens is 354 g/mol. The van der Waals surface area contributed by atoms with Crippen molar-refractivity contribution >= 4 is 49.9 Å². The van der Waals surface area contributed by atoms with Crippen LogP contribution < -0.4 is 11.3 Å². The van der Waals surface area contributed by atoms with Crippen LogP contribution in [0.5, 0.6) is 0 Å². The summed E-state index contributed by atoms with van der Waals surface area (Å²) in [5.41, 5.74) is 7.68. The van der Waals surface area contributed by atoms with Crippen molar-refractivity contribution in [2.45, 2.75) is 6.92 Å². The average Bonchev–Trinajstić information content (AvgIpc) is 2.80. The monoisotopic (exact) mass is 363 g/mol. The van der Waals surface area contributed by atoms with Crippen molar-refractivity contribution in [1.82, 2.24) is 9.38 Å². The number of thiazole rings is 1. The van der Waals surface area contributed by atoms with Crippen LogP contribution in [-0.2, 0) is 4.79 Å². The van der Waals surface area contributed by atoms with Gasteiger partial charge in [-0.2, -0.15) is 4.98 Å². The Labute approximate surface area is 132 Å². The second-order valence-electron chi connectivity index (χ2n) is 4.55. The first kappa shape index (κ1) is 14.0. The zero-order valence-corrected chi connectivity index (χ0v) is 13.4. The summed E-state index contributed by atoms with van der Waals surface area (Å²) >= 11 is 4.55. The number of hydrogen-bond donors (Lipinski definition) is 1. The topological polar surface area (TPSA) is 77.5 Å². The Bertz CT molecular complexity index is 918. The number of nitrogens with two attached hydrogens (primary N) is 1. The molecule has 0 atom stereocenters. The van der Waals surface area contributed by atoms with Crippen LogP contribution in [0.1, 0.15) is 11.3 Å². The Kier molecular flexibility index (Phi) is 3.38. The lowest BCUT2D eigenvalue weighted by molar-refractivity contribution is -0.110. The summed E-state index contributed by atoms with van der Waals surface area (Å²) in [6.45, 7) is 1.90. The zero-order chi connectivity index (χ0) is 15.1. The molecule has 2 N–H and O–H groups in total. The van der Waals surface area contributed by atoms with Crippen molar-refractivity contribution in [2.24, 2.45) is 0 Å². The van der Waals surface area contributed by atoms with Crippen molar-refractivity contribution in [3.63, 3.8) is 0 Å². The Balaban J connectivity index is 2.22. The summed E-state index contributed by atoms with van der Waals surface area (Å²) in [6, 6.07) is 0. The predicted octanol–water partition coefficient (Wildman–Crippen LogP) is 2.45. The molecule has 0 spiro atoms. The largest absolute Gasteiger partial charge is 0.384 e. The van der Waals surface area contributed by atoms with Crippen LogP contribution in [0, 0.1) is 6.92 Å². The van der Waals surface area contributed by atoms with Gasteiger partial charge in [0.05, 0.1) is 10.0 Å². The molecule has 2 heterocycles. The number of ketones is 1. The van der Waals surface area contributed by atoms with Gasteiger partial charge in [0, 0.05) is 11.1 Å². The number of nitrogen functional groups attached to an aromatic ring is 1. The van der Waals surface area contributed by atoms with Crippen LogP contribution >= 0.6 is 27.3 Å². The molecule has 0 amide bonds. The summed E-state index contributed by atoms with van der Waals surface area (Å²) in [4.78, 5) is 28.1. The van der Waals surface area contributed by atoms with Crippen molar-refractivity contribution in [2.75, 3.05) is 5.73 Å². The lowest BCUT2D eigenvalue weighted by Crippen LogP contribution is -2.16. The molecule has 2 aromatic heterocycles. The van der Waals surface area contributed by atoms with E-state index in [9.17, 15) is 9.59 Å². The van der Waals surface area contributed by atoms with E-state index in [4.69, 9.17) is 5.73 Å². The minimum atomic E-state index is -0.378. The highest BCUT2D eigenvalue weighted by molar-refractivity contribution is 9.12. The molecule has 0 unspecified atom stereocenters. The fourth-order valence-corrected chi connectivity index (χ4v) is 3.31. The van der Waals surface area contributed by atoms with Crippen LogP contribution in [0.2, 0.25) is 0 Å². The maximum atomic E-state index is 12.1. The highest BCUT2D eigenvalue weighted by Gasteiger charge is 2.13. The second kappa shape index (κ2) is 5.09. The van der Waals surface area contributed by atoms with Gasteiger partial charge >= 0.3 is 0 Å². The Morgan fingerprint density at radius 2 is 2.14 bits per heavy atom. The van der Waals surface area contributed by atoms with Gasteiger partial charge in [-0.05, 0) is 46.7 Å². The molecule has 0 saturated carbocycles. The minimum absolute atomic E-state index is 0.112. The molecule has 0 saturated heterocycles. The summed E-state index contributed by atoms with van der Waals surface area (Å²) in [5, 5.41) is 1.89. The number of rotatable bonds is 1. The van der Waals surface area contributed by atoms with E-state index in [-0.39, 0.29) is 11.3 Å². The molecule has 0 aromatic carbocycles. The van der Waals surface area contributed by atoms with E-state index in [2.05, 4.69) is 20.9 Å². The van der Waals surface area contributed by atoms with E-state index in [0.29, 0.717) is 26.4 Å². The van der Waals surface area contributed by atoms with Gasteiger partial charge in [0.15, 0.2) is 10.7 Å². The fourth-order valence-electron chi connectivity index (χ4n) is 2.05. The van der Waals surface area contributed by atoms with Crippen molar-refractivity contribution in [3.05, 3.63) is 55.3 Å². The summed E-state index contributed by atoms with van der Waals surface area (Å²) in [6.07, 6.45) is 6.36. The zero-order valence-electron chi connectivity index (χ0n) is 11.0. The van der Waals surface area contributed by atoms with Crippen LogP contribution in [0.4, 0.5) is 5.82 Å². The number of carbonyl (C=O) groups is 1. The molecule has 0 bridgehead atoms. The average molecular weight is 364 g/mol. The van der Waals surface area contributed by atoms with E-state index in [1.807, 2.05) is 12.3 Å². The van der Waals surface area contributed by atoms with Crippen molar-refractivity contribution in [3.8, 4) is 0 Å². The summed E-state index contributed by atoms with van der Waals surface area (Å²) in [5.74, 6) is 0.241. The van der Waals surface area contributed by atoms with E-state index < -0.39 is 0 Å². The molecular formula is C14H10BrN3O2S. The quantitative estimate of drug-likeness (QED) is 0.843. The highest BCUT2D eigenvalue weighted by Crippen LogP contribution is 2.23. The molecule has 3 rings (SSSR count). The first-order chi connectivity index (χ1) is 9.97. The second-order valence-corrected chi connectivity index (χ2v) is 6.24. The third kappa shape index (κ3) is 2.38. The van der Waals surface area contributed by atoms with Gasteiger partial charge in [0.1, 0.15) is 5.82 Å². The standard InChI is InChI=1S/C14H10BrN3O2S/c1-7-6-21-14-17-13(20)9(12(16)18(7)14)4-8-2-3-11(19)10(15)5-8/h2-6H,16H2,1H3/b8-4-. The Morgan fingerprint density at radius 3 is 2.86 bits per heavy atom. The van der Waals surface area contributed by atoms with Crippen LogP contribution in [0.3, 0.4) is 0 Å². The van der Waals surface area contributed by atoms with E-state index in [1.54, 1.807) is 22.6 Å². The molecule has 1 aliphatic carbocycles. The number of fused-ring (bicyclic) bond motifs is 1. The molecule has 2 aromatic rings. The van der Waals surface area contributed by atoms with Gasteiger partial charge in [-0.3, -0.25) is 14.0 Å². The minimum Gasteiger partial charge on any atom is -0.384 e. The fraction of sp³-hybridized carbons (Fsp3) is 0.0714. The number of aromatic nitrogens is 2. The number of aryl methyl sites for hydroxylation is 1. The summed E-state index contributed by atoms with van der Waals surface area (Å²) < 4.78 is 2.19. The molecule has 0 fully saturated rings. The normalized spacial score (nSPS) is 16.8. The maximum Gasteiger partial charge on any atom is 0.283 e. The molecule has 7 heteroatoms. The van der Waals surface area contributed by atoms with Crippen molar-refractivity contribution in [1.29, 1.82) is 0 Å². The van der Waals surface area contributed by atoms with Gasteiger partial charge in [-0.15, -0.1) is 11.3 Å². The third-order valence-electron chi connectivity index (χ3n) is 3.09. The molecule has 0 aliphatic heterocycles. The van der Waals surface area contributed by atoms with E-state index in [1.165, 1.54) is 17.4 Å². The lowest BCUT2D eigenvalue weighted by Gasteiger charge is -2.07.